The summed E-state index contributed by atoms with van der Waals surface area (Å²) in [4.78, 5) is 0. The lowest BCUT2D eigenvalue weighted by Crippen LogP contribution is -2.21. The summed E-state index contributed by atoms with van der Waals surface area (Å²) in [7, 11) is 0. The van der Waals surface area contributed by atoms with Crippen molar-refractivity contribution >= 4 is 6.71 Å². The van der Waals surface area contributed by atoms with Gasteiger partial charge in [0.2, 0.25) is 0 Å². The topological polar surface area (TPSA) is 0 Å². The molecule has 0 N–H and O–H groups in total. The van der Waals surface area contributed by atoms with Gasteiger partial charge in [0.05, 0.1) is 0 Å². The van der Waals surface area contributed by atoms with Crippen LogP contribution in [-0.2, 0) is 0 Å². The Morgan fingerprint density at radius 3 is 2.60 bits per heavy atom. The van der Waals surface area contributed by atoms with Crippen molar-refractivity contribution in [1.29, 1.82) is 0 Å². The molecular formula is C14H23B. The minimum atomic E-state index is 0.723. The van der Waals surface area contributed by atoms with Crippen LogP contribution in [0, 0.1) is 5.92 Å². The zero-order chi connectivity index (χ0) is 11.4. The van der Waals surface area contributed by atoms with Gasteiger partial charge in [0.1, 0.15) is 0 Å². The van der Waals surface area contributed by atoms with E-state index in [1.807, 2.05) is 0 Å². The van der Waals surface area contributed by atoms with E-state index in [-0.39, 0.29) is 0 Å². The maximum absolute atomic E-state index is 4.02. The van der Waals surface area contributed by atoms with E-state index in [9.17, 15) is 0 Å². The van der Waals surface area contributed by atoms with Gasteiger partial charge in [-0.1, -0.05) is 23.0 Å². The van der Waals surface area contributed by atoms with E-state index in [2.05, 4.69) is 39.9 Å². The van der Waals surface area contributed by atoms with Gasteiger partial charge < -0.3 is 0 Å². The first-order valence-electron chi connectivity index (χ1n) is 5.93. The molecule has 0 spiro atoms. The summed E-state index contributed by atoms with van der Waals surface area (Å²) in [6, 6.07) is 0. The third-order valence-electron chi connectivity index (χ3n) is 3.01. The van der Waals surface area contributed by atoms with E-state index in [1.165, 1.54) is 30.3 Å². The van der Waals surface area contributed by atoms with Gasteiger partial charge in [0.15, 0.2) is 6.71 Å². The molecule has 1 unspecified atom stereocenters. The van der Waals surface area contributed by atoms with Crippen LogP contribution in [0.4, 0.5) is 0 Å². The first-order chi connectivity index (χ1) is 6.97. The van der Waals surface area contributed by atoms with Crippen LogP contribution < -0.4 is 0 Å². The number of rotatable bonds is 4. The molecule has 1 aliphatic heterocycles. The Kier molecular flexibility index (Phi) is 4.44. The second-order valence-corrected chi connectivity index (χ2v) is 5.40. The normalized spacial score (nSPS) is 21.1. The molecule has 0 aromatic rings. The maximum Gasteiger partial charge on any atom is 0.170 e. The van der Waals surface area contributed by atoms with Gasteiger partial charge in [-0.3, -0.25) is 0 Å². The Morgan fingerprint density at radius 1 is 1.40 bits per heavy atom. The van der Waals surface area contributed by atoms with Crippen molar-refractivity contribution in [1.82, 2.24) is 0 Å². The third kappa shape index (κ3) is 4.55. The molecule has 1 aliphatic rings. The van der Waals surface area contributed by atoms with E-state index in [1.54, 1.807) is 5.57 Å². The number of allylic oxidation sites excluding steroid dienone is 3. The monoisotopic (exact) mass is 202 g/mol. The molecule has 0 aliphatic carbocycles. The van der Waals surface area contributed by atoms with Crippen molar-refractivity contribution in [2.45, 2.75) is 46.3 Å². The maximum atomic E-state index is 4.02. The largest absolute Gasteiger partial charge is 0.170 e. The first kappa shape index (κ1) is 12.4. The van der Waals surface area contributed by atoms with Crippen LogP contribution in [0.15, 0.2) is 35.9 Å². The lowest BCUT2D eigenvalue weighted by atomic mass is 9.39. The summed E-state index contributed by atoms with van der Waals surface area (Å²) in [5, 5.41) is 0. The summed E-state index contributed by atoms with van der Waals surface area (Å²) in [6.45, 7) is 15.3. The van der Waals surface area contributed by atoms with Crippen LogP contribution in [0.3, 0.4) is 0 Å². The Bertz CT molecular complexity index is 286. The Balaban J connectivity index is 2.57. The van der Waals surface area contributed by atoms with Gasteiger partial charge in [-0.05, 0) is 45.9 Å². The lowest BCUT2D eigenvalue weighted by Gasteiger charge is -2.26. The average molecular weight is 202 g/mol. The Labute approximate surface area is 95.2 Å². The third-order valence-corrected chi connectivity index (χ3v) is 3.01. The lowest BCUT2D eigenvalue weighted by molar-refractivity contribution is 0.559. The van der Waals surface area contributed by atoms with Crippen LogP contribution in [0.5, 0.6) is 0 Å². The van der Waals surface area contributed by atoms with Gasteiger partial charge >= 0.3 is 0 Å². The first-order valence-corrected chi connectivity index (χ1v) is 5.93. The summed E-state index contributed by atoms with van der Waals surface area (Å²) in [5.74, 6) is 3.26. The second-order valence-electron chi connectivity index (χ2n) is 5.40. The molecule has 0 amide bonds. The SMILES string of the molecule is C=C(C)CB1C=C(C)CC(CC(=C)C)C1. The summed E-state index contributed by atoms with van der Waals surface area (Å²) in [6.07, 6.45) is 4.93. The Morgan fingerprint density at radius 2 is 2.07 bits per heavy atom. The molecule has 0 fully saturated rings. The van der Waals surface area contributed by atoms with Crippen molar-refractivity contribution in [3.63, 3.8) is 0 Å². The van der Waals surface area contributed by atoms with Crippen LogP contribution in [0.1, 0.15) is 33.6 Å². The molecule has 0 saturated carbocycles. The highest BCUT2D eigenvalue weighted by molar-refractivity contribution is 6.65. The molecular weight excluding hydrogens is 179 g/mol. The molecule has 15 heavy (non-hydrogen) atoms. The van der Waals surface area contributed by atoms with Crippen molar-refractivity contribution < 1.29 is 0 Å². The van der Waals surface area contributed by atoms with Gasteiger partial charge in [-0.15, -0.1) is 19.1 Å². The average Bonchev–Trinajstić information content (AvgIpc) is 1.98. The molecule has 0 radical (unpaired) electrons. The molecule has 1 heteroatoms. The molecule has 0 nitrogen and oxygen atoms in total. The van der Waals surface area contributed by atoms with Crippen molar-refractivity contribution in [3.05, 3.63) is 35.9 Å². The summed E-state index contributed by atoms with van der Waals surface area (Å²) >= 11 is 0. The van der Waals surface area contributed by atoms with E-state index in [0.29, 0.717) is 0 Å². The predicted octanol–water partition coefficient (Wildman–Crippen LogP) is 4.53. The molecule has 1 heterocycles. The molecule has 82 valence electrons. The van der Waals surface area contributed by atoms with Crippen LogP contribution in [0.2, 0.25) is 12.6 Å². The quantitative estimate of drug-likeness (QED) is 0.464. The highest BCUT2D eigenvalue weighted by Gasteiger charge is 2.23. The van der Waals surface area contributed by atoms with E-state index in [4.69, 9.17) is 0 Å². The van der Waals surface area contributed by atoms with Crippen molar-refractivity contribution in [3.8, 4) is 0 Å². The summed E-state index contributed by atoms with van der Waals surface area (Å²) in [5.41, 5.74) is 4.18. The van der Waals surface area contributed by atoms with Gasteiger partial charge in [0.25, 0.3) is 0 Å². The minimum Gasteiger partial charge on any atom is -0.116 e. The molecule has 0 bridgehead atoms. The molecule has 1 atom stereocenters. The van der Waals surface area contributed by atoms with Crippen LogP contribution >= 0.6 is 0 Å². The molecule has 0 aromatic carbocycles. The smallest absolute Gasteiger partial charge is 0.116 e. The molecule has 1 rings (SSSR count). The highest BCUT2D eigenvalue weighted by atomic mass is 14.1. The standard InChI is InChI=1S/C14H23B/c1-11(2)6-14-7-13(5)9-15(10-14)8-12(3)4/h9,14H,1,3,6-8,10H2,2,4-5H3. The van der Waals surface area contributed by atoms with Gasteiger partial charge in [-0.2, -0.15) is 0 Å². The van der Waals surface area contributed by atoms with Crippen molar-refractivity contribution in [2.24, 2.45) is 5.92 Å². The van der Waals surface area contributed by atoms with E-state index >= 15 is 0 Å². The molecule has 0 aromatic heterocycles. The molecule has 0 saturated heterocycles. The Hall–Kier alpha value is -0.715. The predicted molar refractivity (Wildman–Crippen MR) is 71.5 cm³/mol. The fraction of sp³-hybridized carbons (Fsp3) is 0.571. The summed E-state index contributed by atoms with van der Waals surface area (Å²) < 4.78 is 0. The van der Waals surface area contributed by atoms with Crippen LogP contribution in [-0.4, -0.2) is 6.71 Å². The minimum absolute atomic E-state index is 0.723. The van der Waals surface area contributed by atoms with Gasteiger partial charge in [-0.25, -0.2) is 0 Å². The fourth-order valence-corrected chi connectivity index (χ4v) is 2.74. The van der Waals surface area contributed by atoms with Gasteiger partial charge in [0, 0.05) is 0 Å². The van der Waals surface area contributed by atoms with Crippen molar-refractivity contribution in [2.75, 3.05) is 0 Å². The highest BCUT2D eigenvalue weighted by Crippen LogP contribution is 2.31. The second kappa shape index (κ2) is 5.39. The van der Waals surface area contributed by atoms with E-state index < -0.39 is 0 Å². The van der Waals surface area contributed by atoms with E-state index in [0.717, 1.165) is 19.0 Å². The zero-order valence-electron chi connectivity index (χ0n) is 10.5. The fourth-order valence-electron chi connectivity index (χ4n) is 2.74. The number of hydrogen-bond donors (Lipinski definition) is 0. The number of hydrogen-bond acceptors (Lipinski definition) is 0. The zero-order valence-corrected chi connectivity index (χ0v) is 10.5. The van der Waals surface area contributed by atoms with Crippen LogP contribution in [0.25, 0.3) is 0 Å².